The molecule has 0 nitrogen and oxygen atoms in total. The number of allylic oxidation sites excluding steroid dienone is 8. The quantitative estimate of drug-likeness (QED) is 0.280. The first-order chi connectivity index (χ1) is 17.8. The van der Waals surface area contributed by atoms with Gasteiger partial charge >= 0.3 is 0 Å². The Hall–Kier alpha value is -1.86. The van der Waals surface area contributed by atoms with Gasteiger partial charge in [-0.05, 0) is 120 Å². The van der Waals surface area contributed by atoms with Crippen molar-refractivity contribution in [1.82, 2.24) is 0 Å². The lowest BCUT2D eigenvalue weighted by molar-refractivity contribution is 0.316. The molecule has 0 aromatic heterocycles. The minimum atomic E-state index is -1.64. The van der Waals surface area contributed by atoms with Gasteiger partial charge in [-0.2, -0.15) is 0 Å². The van der Waals surface area contributed by atoms with E-state index in [0.717, 1.165) is 41.2 Å². The van der Waals surface area contributed by atoms with Gasteiger partial charge in [-0.25, -0.2) is 0 Å². The summed E-state index contributed by atoms with van der Waals surface area (Å²) in [7, 11) is -1.64. The van der Waals surface area contributed by atoms with Crippen LogP contribution in [0.15, 0.2) is 71.9 Å². The van der Waals surface area contributed by atoms with Gasteiger partial charge in [-0.1, -0.05) is 99.7 Å². The van der Waals surface area contributed by atoms with Crippen molar-refractivity contribution >= 4 is 13.6 Å². The number of hydrogen-bond donors (Lipinski definition) is 0. The van der Waals surface area contributed by atoms with Gasteiger partial charge in [0.1, 0.15) is 0 Å². The topological polar surface area (TPSA) is 0 Å². The molecule has 1 aromatic rings. The standard InChI is InChI=1S/C36H48Si/c1-23-13-7-9-15-27(23)29-17-11-19-31-33(29)21-25(3)35(31)37(5,6)36-26(4)22-34-30(18-12-20-32(34)36)28-16-10-8-14-24(28)2/h7,9,11,15,17,19,25-26,28,30,35-36H,1-2,8,10,12-14,16,18,20-22H2,3-6H3. The Bertz CT molecular complexity index is 1200. The fourth-order valence-electron chi connectivity index (χ4n) is 10.1. The average Bonchev–Trinajstić information content (AvgIpc) is 3.41. The summed E-state index contributed by atoms with van der Waals surface area (Å²) in [5.41, 5.74) is 14.5. The molecule has 6 unspecified atom stereocenters. The monoisotopic (exact) mass is 508 g/mol. The van der Waals surface area contributed by atoms with Gasteiger partial charge in [-0.15, -0.1) is 0 Å². The van der Waals surface area contributed by atoms with E-state index in [2.05, 4.69) is 76.5 Å². The van der Waals surface area contributed by atoms with Gasteiger partial charge in [0.05, 0.1) is 8.07 Å². The second-order valence-electron chi connectivity index (χ2n) is 13.9. The Labute approximate surface area is 227 Å². The highest BCUT2D eigenvalue weighted by Gasteiger charge is 2.52. The van der Waals surface area contributed by atoms with E-state index in [9.17, 15) is 0 Å². The summed E-state index contributed by atoms with van der Waals surface area (Å²) >= 11 is 0. The lowest BCUT2D eigenvalue weighted by Crippen LogP contribution is -2.44. The van der Waals surface area contributed by atoms with Crippen LogP contribution in [0.1, 0.15) is 93.9 Å². The fraction of sp³-hybridized carbons (Fsp3) is 0.556. The van der Waals surface area contributed by atoms with E-state index in [1.54, 1.807) is 16.7 Å². The summed E-state index contributed by atoms with van der Waals surface area (Å²) in [6.45, 7) is 19.8. The van der Waals surface area contributed by atoms with Crippen LogP contribution in [0, 0.1) is 23.7 Å². The van der Waals surface area contributed by atoms with E-state index >= 15 is 0 Å². The predicted octanol–water partition coefficient (Wildman–Crippen LogP) is 10.4. The number of fused-ring (bicyclic) bond motifs is 1. The number of benzene rings is 1. The highest BCUT2D eigenvalue weighted by Crippen LogP contribution is 2.61. The molecule has 0 amide bonds. The molecule has 0 radical (unpaired) electrons. The molecule has 196 valence electrons. The van der Waals surface area contributed by atoms with Crippen LogP contribution in [0.4, 0.5) is 0 Å². The summed E-state index contributed by atoms with van der Waals surface area (Å²) in [5.74, 6) is 3.13. The van der Waals surface area contributed by atoms with Crippen LogP contribution in [0.3, 0.4) is 0 Å². The van der Waals surface area contributed by atoms with Crippen molar-refractivity contribution in [2.75, 3.05) is 0 Å². The zero-order valence-corrected chi connectivity index (χ0v) is 24.9. The minimum Gasteiger partial charge on any atom is -0.0996 e. The highest BCUT2D eigenvalue weighted by atomic mass is 28.3. The maximum atomic E-state index is 4.59. The summed E-state index contributed by atoms with van der Waals surface area (Å²) in [6.07, 6.45) is 20.0. The van der Waals surface area contributed by atoms with Gasteiger partial charge in [0.25, 0.3) is 0 Å². The summed E-state index contributed by atoms with van der Waals surface area (Å²) in [5, 5.41) is 0. The van der Waals surface area contributed by atoms with E-state index in [1.165, 1.54) is 74.5 Å². The van der Waals surface area contributed by atoms with Gasteiger partial charge in [0, 0.05) is 0 Å². The summed E-state index contributed by atoms with van der Waals surface area (Å²) in [4.78, 5) is 0. The zero-order chi connectivity index (χ0) is 25.9. The molecule has 37 heavy (non-hydrogen) atoms. The predicted molar refractivity (Wildman–Crippen MR) is 163 cm³/mol. The van der Waals surface area contributed by atoms with E-state index < -0.39 is 8.07 Å². The Morgan fingerprint density at radius 3 is 2.41 bits per heavy atom. The van der Waals surface area contributed by atoms with E-state index in [4.69, 9.17) is 0 Å². The molecule has 1 fully saturated rings. The van der Waals surface area contributed by atoms with Crippen LogP contribution < -0.4 is 0 Å². The van der Waals surface area contributed by atoms with E-state index in [-0.39, 0.29) is 0 Å². The molecule has 0 aliphatic heterocycles. The number of rotatable bonds is 4. The SMILES string of the molecule is C=C1CC=CC=C1c1cccc2c1CC(C)C2[Si](C)(C)C1C2=C(CC1C)C(C1CCCCC1=C)CCC2. The Kier molecular flexibility index (Phi) is 6.67. The van der Waals surface area contributed by atoms with Crippen LogP contribution in [-0.2, 0) is 6.42 Å². The molecule has 6 atom stereocenters. The molecule has 1 saturated carbocycles. The molecule has 0 bridgehead atoms. The molecule has 0 saturated heterocycles. The average molecular weight is 509 g/mol. The molecule has 1 heteroatoms. The van der Waals surface area contributed by atoms with Crippen molar-refractivity contribution in [3.63, 3.8) is 0 Å². The largest absolute Gasteiger partial charge is 0.0996 e. The van der Waals surface area contributed by atoms with Crippen LogP contribution in [0.5, 0.6) is 0 Å². The first kappa shape index (κ1) is 25.4. The Balaban J connectivity index is 1.37. The van der Waals surface area contributed by atoms with E-state index in [1.807, 2.05) is 11.1 Å². The molecule has 0 spiro atoms. The molecule has 0 N–H and O–H groups in total. The van der Waals surface area contributed by atoms with Crippen molar-refractivity contribution in [1.29, 1.82) is 0 Å². The van der Waals surface area contributed by atoms with Crippen molar-refractivity contribution in [3.05, 3.63) is 88.6 Å². The third kappa shape index (κ3) is 4.15. The third-order valence-corrected chi connectivity index (χ3v) is 16.3. The molecule has 0 heterocycles. The van der Waals surface area contributed by atoms with Gasteiger partial charge in [-0.3, -0.25) is 0 Å². The first-order valence-electron chi connectivity index (χ1n) is 15.4. The number of hydrogen-bond acceptors (Lipinski definition) is 0. The van der Waals surface area contributed by atoms with Crippen molar-refractivity contribution in [3.8, 4) is 0 Å². The maximum Gasteiger partial charge on any atom is 0.0630 e. The lowest BCUT2D eigenvalue weighted by atomic mass is 9.69. The minimum absolute atomic E-state index is 0.736. The summed E-state index contributed by atoms with van der Waals surface area (Å²) < 4.78 is 0. The first-order valence-corrected chi connectivity index (χ1v) is 18.5. The second-order valence-corrected chi connectivity index (χ2v) is 18.8. The van der Waals surface area contributed by atoms with Crippen LogP contribution in [0.2, 0.25) is 18.6 Å². The highest BCUT2D eigenvalue weighted by molar-refractivity contribution is 6.81. The Morgan fingerprint density at radius 2 is 1.62 bits per heavy atom. The Morgan fingerprint density at radius 1 is 0.838 bits per heavy atom. The van der Waals surface area contributed by atoms with Crippen molar-refractivity contribution < 1.29 is 0 Å². The van der Waals surface area contributed by atoms with Gasteiger partial charge < -0.3 is 0 Å². The van der Waals surface area contributed by atoms with Crippen molar-refractivity contribution in [2.45, 2.75) is 102 Å². The normalized spacial score (nSPS) is 34.0. The molecule has 6 rings (SSSR count). The molecule has 1 aromatic carbocycles. The zero-order valence-electron chi connectivity index (χ0n) is 23.9. The maximum absolute atomic E-state index is 4.59. The van der Waals surface area contributed by atoms with Gasteiger partial charge in [0.15, 0.2) is 0 Å². The van der Waals surface area contributed by atoms with Crippen molar-refractivity contribution in [2.24, 2.45) is 23.7 Å². The molecular weight excluding hydrogens is 460 g/mol. The van der Waals surface area contributed by atoms with Gasteiger partial charge in [0.2, 0.25) is 0 Å². The third-order valence-electron chi connectivity index (χ3n) is 11.3. The van der Waals surface area contributed by atoms with Crippen LogP contribution in [-0.4, -0.2) is 8.07 Å². The smallest absolute Gasteiger partial charge is 0.0630 e. The molecule has 5 aliphatic rings. The molecule has 5 aliphatic carbocycles. The second kappa shape index (κ2) is 9.71. The summed E-state index contributed by atoms with van der Waals surface area (Å²) in [6, 6.07) is 7.23. The lowest BCUT2D eigenvalue weighted by Gasteiger charge is -2.43. The van der Waals surface area contributed by atoms with Crippen LogP contribution in [0.25, 0.3) is 5.57 Å². The molecular formula is C36H48Si. The van der Waals surface area contributed by atoms with Crippen LogP contribution >= 0.6 is 0 Å². The fourth-order valence-corrected chi connectivity index (χ4v) is 15.9. The van der Waals surface area contributed by atoms with E-state index in [0.29, 0.717) is 0 Å².